The first-order valence-electron chi connectivity index (χ1n) is 5.46. The quantitative estimate of drug-likeness (QED) is 0.606. The van der Waals surface area contributed by atoms with E-state index < -0.39 is 0 Å². The molecule has 14 heavy (non-hydrogen) atoms. The maximum Gasteiger partial charge on any atom is 0.0566 e. The van der Waals surface area contributed by atoms with Gasteiger partial charge in [0.15, 0.2) is 0 Å². The van der Waals surface area contributed by atoms with Crippen molar-refractivity contribution in [2.45, 2.75) is 27.7 Å². The van der Waals surface area contributed by atoms with E-state index in [-0.39, 0.29) is 5.41 Å². The molecule has 0 aliphatic heterocycles. The molecule has 0 aliphatic carbocycles. The van der Waals surface area contributed by atoms with E-state index in [1.807, 2.05) is 13.0 Å². The fourth-order valence-corrected chi connectivity index (χ4v) is 1.16. The molecule has 1 N–H and O–H groups in total. The summed E-state index contributed by atoms with van der Waals surface area (Å²) >= 11 is 0. The van der Waals surface area contributed by atoms with E-state index in [0.717, 1.165) is 26.3 Å². The van der Waals surface area contributed by atoms with Gasteiger partial charge in [-0.3, -0.25) is 0 Å². The Kier molecular flexibility index (Phi) is 6.85. The lowest BCUT2D eigenvalue weighted by Crippen LogP contribution is -2.35. The van der Waals surface area contributed by atoms with E-state index >= 15 is 0 Å². The first kappa shape index (κ1) is 13.7. The van der Waals surface area contributed by atoms with E-state index in [0.29, 0.717) is 5.92 Å². The van der Waals surface area contributed by atoms with Crippen LogP contribution in [0.25, 0.3) is 0 Å². The monoisotopic (exact) mass is 199 g/mol. The molecule has 0 heterocycles. The van der Waals surface area contributed by atoms with Gasteiger partial charge in [0.2, 0.25) is 0 Å². The van der Waals surface area contributed by atoms with Crippen LogP contribution in [0, 0.1) is 11.3 Å². The van der Waals surface area contributed by atoms with Crippen molar-refractivity contribution in [2.75, 3.05) is 26.3 Å². The molecule has 0 spiro atoms. The summed E-state index contributed by atoms with van der Waals surface area (Å²) in [6.45, 7) is 16.0. The normalized spacial score (nSPS) is 15.5. The number of hydrogen-bond donors (Lipinski definition) is 1. The van der Waals surface area contributed by atoms with Gasteiger partial charge in [-0.1, -0.05) is 26.8 Å². The maximum absolute atomic E-state index is 5.44. The number of rotatable bonds is 8. The Bertz CT molecular complexity index is 156. The summed E-state index contributed by atoms with van der Waals surface area (Å²) in [5.74, 6) is 0.691. The lowest BCUT2D eigenvalue weighted by molar-refractivity contribution is 0.0847. The molecule has 84 valence electrons. The van der Waals surface area contributed by atoms with Gasteiger partial charge in [-0.2, -0.15) is 0 Å². The topological polar surface area (TPSA) is 21.3 Å². The molecule has 0 fully saturated rings. The molecule has 2 heteroatoms. The first-order chi connectivity index (χ1) is 6.54. The SMILES string of the molecule is C=CC(C)(CNCC(C)C)COCC. The highest BCUT2D eigenvalue weighted by molar-refractivity contribution is 4.93. The van der Waals surface area contributed by atoms with Crippen LogP contribution in [-0.4, -0.2) is 26.3 Å². The Hall–Kier alpha value is -0.340. The summed E-state index contributed by atoms with van der Waals surface area (Å²) in [6.07, 6.45) is 1.98. The highest BCUT2D eigenvalue weighted by Gasteiger charge is 2.19. The smallest absolute Gasteiger partial charge is 0.0566 e. The minimum atomic E-state index is 0.0604. The number of hydrogen-bond acceptors (Lipinski definition) is 2. The molecule has 0 aliphatic rings. The minimum Gasteiger partial charge on any atom is -0.381 e. The zero-order chi connectivity index (χ0) is 11.0. The molecule has 1 unspecified atom stereocenters. The third-order valence-corrected chi connectivity index (χ3v) is 2.21. The molecule has 0 bridgehead atoms. The van der Waals surface area contributed by atoms with Gasteiger partial charge in [-0.25, -0.2) is 0 Å². The Balaban J connectivity index is 3.80. The van der Waals surface area contributed by atoms with Gasteiger partial charge in [0.25, 0.3) is 0 Å². The van der Waals surface area contributed by atoms with Crippen LogP contribution in [0.15, 0.2) is 12.7 Å². The average Bonchev–Trinajstić information content (AvgIpc) is 2.14. The summed E-state index contributed by atoms with van der Waals surface area (Å²) in [4.78, 5) is 0. The number of nitrogens with one attached hydrogen (secondary N) is 1. The Labute approximate surface area is 88.7 Å². The molecule has 0 aromatic rings. The second-order valence-electron chi connectivity index (χ2n) is 4.52. The van der Waals surface area contributed by atoms with Crippen LogP contribution < -0.4 is 5.32 Å². The van der Waals surface area contributed by atoms with Gasteiger partial charge in [-0.15, -0.1) is 6.58 Å². The number of ether oxygens (including phenoxy) is 1. The molecule has 0 aromatic heterocycles. The van der Waals surface area contributed by atoms with Crippen LogP contribution in [0.5, 0.6) is 0 Å². The Morgan fingerprint density at radius 2 is 2.14 bits per heavy atom. The van der Waals surface area contributed by atoms with E-state index in [2.05, 4.69) is 32.7 Å². The summed E-state index contributed by atoms with van der Waals surface area (Å²) in [5, 5.41) is 3.43. The predicted molar refractivity (Wildman–Crippen MR) is 62.5 cm³/mol. The van der Waals surface area contributed by atoms with Gasteiger partial charge in [0.1, 0.15) is 0 Å². The second-order valence-corrected chi connectivity index (χ2v) is 4.52. The van der Waals surface area contributed by atoms with Crippen LogP contribution in [-0.2, 0) is 4.74 Å². The third-order valence-electron chi connectivity index (χ3n) is 2.21. The van der Waals surface area contributed by atoms with E-state index in [4.69, 9.17) is 4.74 Å². The Morgan fingerprint density at radius 3 is 2.57 bits per heavy atom. The van der Waals surface area contributed by atoms with Crippen LogP contribution in [0.3, 0.4) is 0 Å². The van der Waals surface area contributed by atoms with Crippen molar-refractivity contribution < 1.29 is 4.74 Å². The van der Waals surface area contributed by atoms with Crippen molar-refractivity contribution in [1.82, 2.24) is 5.32 Å². The summed E-state index contributed by atoms with van der Waals surface area (Å²) < 4.78 is 5.44. The maximum atomic E-state index is 5.44. The standard InChI is InChI=1S/C12H25NO/c1-6-12(5,10-14-7-2)9-13-8-11(3)4/h6,11,13H,1,7-10H2,2-5H3. The van der Waals surface area contributed by atoms with E-state index in [9.17, 15) is 0 Å². The van der Waals surface area contributed by atoms with Gasteiger partial charge in [0, 0.05) is 18.6 Å². The van der Waals surface area contributed by atoms with Crippen molar-refractivity contribution in [3.8, 4) is 0 Å². The Morgan fingerprint density at radius 1 is 1.50 bits per heavy atom. The highest BCUT2D eigenvalue weighted by atomic mass is 16.5. The van der Waals surface area contributed by atoms with Gasteiger partial charge < -0.3 is 10.1 Å². The zero-order valence-corrected chi connectivity index (χ0v) is 10.1. The molecular formula is C12H25NO. The molecule has 0 rings (SSSR count). The fraction of sp³-hybridized carbons (Fsp3) is 0.833. The molecule has 0 amide bonds. The third kappa shape index (κ3) is 6.17. The van der Waals surface area contributed by atoms with Gasteiger partial charge in [-0.05, 0) is 19.4 Å². The van der Waals surface area contributed by atoms with Gasteiger partial charge in [0.05, 0.1) is 6.61 Å². The van der Waals surface area contributed by atoms with Gasteiger partial charge >= 0.3 is 0 Å². The molecular weight excluding hydrogens is 174 g/mol. The van der Waals surface area contributed by atoms with Crippen LogP contribution in [0.1, 0.15) is 27.7 Å². The fourth-order valence-electron chi connectivity index (χ4n) is 1.16. The van der Waals surface area contributed by atoms with Crippen molar-refractivity contribution in [3.63, 3.8) is 0 Å². The predicted octanol–water partition coefficient (Wildman–Crippen LogP) is 2.46. The van der Waals surface area contributed by atoms with Crippen molar-refractivity contribution in [3.05, 3.63) is 12.7 Å². The second kappa shape index (κ2) is 7.02. The average molecular weight is 199 g/mol. The molecule has 0 aromatic carbocycles. The summed E-state index contributed by atoms with van der Waals surface area (Å²) in [5.41, 5.74) is 0.0604. The van der Waals surface area contributed by atoms with Crippen molar-refractivity contribution in [1.29, 1.82) is 0 Å². The minimum absolute atomic E-state index is 0.0604. The van der Waals surface area contributed by atoms with Crippen LogP contribution in [0.2, 0.25) is 0 Å². The lowest BCUT2D eigenvalue weighted by atomic mass is 9.92. The molecule has 1 atom stereocenters. The van der Waals surface area contributed by atoms with Crippen LogP contribution in [0.4, 0.5) is 0 Å². The summed E-state index contributed by atoms with van der Waals surface area (Å²) in [6, 6.07) is 0. The first-order valence-corrected chi connectivity index (χ1v) is 5.46. The van der Waals surface area contributed by atoms with Crippen LogP contribution >= 0.6 is 0 Å². The molecule has 0 saturated carbocycles. The van der Waals surface area contributed by atoms with Crippen molar-refractivity contribution >= 4 is 0 Å². The summed E-state index contributed by atoms with van der Waals surface area (Å²) in [7, 11) is 0. The molecule has 2 nitrogen and oxygen atoms in total. The van der Waals surface area contributed by atoms with E-state index in [1.165, 1.54) is 0 Å². The molecule has 0 radical (unpaired) electrons. The van der Waals surface area contributed by atoms with Crippen molar-refractivity contribution in [2.24, 2.45) is 11.3 Å². The van der Waals surface area contributed by atoms with E-state index in [1.54, 1.807) is 0 Å². The molecule has 0 saturated heterocycles. The largest absolute Gasteiger partial charge is 0.381 e. The zero-order valence-electron chi connectivity index (χ0n) is 10.1. The highest BCUT2D eigenvalue weighted by Crippen LogP contribution is 2.16. The lowest BCUT2D eigenvalue weighted by Gasteiger charge is -2.26.